The van der Waals surface area contributed by atoms with Gasteiger partial charge < -0.3 is 10.0 Å². The second-order valence-corrected chi connectivity index (χ2v) is 7.95. The molecule has 0 rings (SSSR count). The largest absolute Gasteiger partial charge is 0.478 e. The Hall–Kier alpha value is -1.32. The van der Waals surface area contributed by atoms with Gasteiger partial charge in [-0.25, -0.2) is 4.79 Å². The maximum absolute atomic E-state index is 12.3. The number of carbonyl (C=O) groups excluding carboxylic acids is 1. The molecule has 28 heavy (non-hydrogen) atoms. The Balaban J connectivity index is 4.05. The Kier molecular flexibility index (Phi) is 19.5. The van der Waals surface area contributed by atoms with Crippen molar-refractivity contribution in [3.05, 3.63) is 12.2 Å². The summed E-state index contributed by atoms with van der Waals surface area (Å²) < 4.78 is 0. The van der Waals surface area contributed by atoms with Gasteiger partial charge in [0.2, 0.25) is 5.91 Å². The molecule has 0 saturated heterocycles. The zero-order valence-corrected chi connectivity index (χ0v) is 18.6. The maximum atomic E-state index is 12.3. The van der Waals surface area contributed by atoms with E-state index >= 15 is 0 Å². The van der Waals surface area contributed by atoms with E-state index in [1.807, 2.05) is 4.90 Å². The van der Waals surface area contributed by atoms with Crippen molar-refractivity contribution in [3.63, 3.8) is 0 Å². The third-order valence-corrected chi connectivity index (χ3v) is 5.24. The van der Waals surface area contributed by atoms with Gasteiger partial charge in [-0.3, -0.25) is 4.79 Å². The van der Waals surface area contributed by atoms with E-state index in [-0.39, 0.29) is 5.91 Å². The molecule has 1 amide bonds. The monoisotopic (exact) mass is 395 g/mol. The van der Waals surface area contributed by atoms with Gasteiger partial charge in [-0.15, -0.1) is 0 Å². The summed E-state index contributed by atoms with van der Waals surface area (Å²) in [5.41, 5.74) is 0. The van der Waals surface area contributed by atoms with Crippen LogP contribution in [-0.2, 0) is 9.59 Å². The average Bonchev–Trinajstić information content (AvgIpc) is 2.68. The molecular weight excluding hydrogens is 350 g/mol. The number of nitrogens with zero attached hydrogens (tertiary/aromatic N) is 1. The highest BCUT2D eigenvalue weighted by Crippen LogP contribution is 2.11. The van der Waals surface area contributed by atoms with E-state index in [1.54, 1.807) is 0 Å². The van der Waals surface area contributed by atoms with Gasteiger partial charge in [0, 0.05) is 25.2 Å². The number of carboxylic acids is 1. The van der Waals surface area contributed by atoms with Gasteiger partial charge in [-0.2, -0.15) is 0 Å². The first-order valence-electron chi connectivity index (χ1n) is 11.8. The van der Waals surface area contributed by atoms with Crippen LogP contribution in [-0.4, -0.2) is 35.0 Å². The number of rotatable bonds is 20. The lowest BCUT2D eigenvalue weighted by molar-refractivity contribution is -0.132. The molecule has 0 aliphatic heterocycles. The summed E-state index contributed by atoms with van der Waals surface area (Å²) in [6, 6.07) is 0. The van der Waals surface area contributed by atoms with Crippen LogP contribution < -0.4 is 0 Å². The van der Waals surface area contributed by atoms with Crippen LogP contribution in [0.4, 0.5) is 0 Å². The minimum absolute atomic E-state index is 0.159. The summed E-state index contributed by atoms with van der Waals surface area (Å²) >= 11 is 0. The number of unbranched alkanes of at least 4 members (excludes halogenated alkanes) is 14. The lowest BCUT2D eigenvalue weighted by atomic mass is 10.1. The molecule has 0 spiro atoms. The molecule has 0 bridgehead atoms. The van der Waals surface area contributed by atoms with Crippen molar-refractivity contribution in [2.45, 2.75) is 117 Å². The fraction of sp³-hybridized carbons (Fsp3) is 0.833. The Morgan fingerprint density at radius 1 is 0.607 bits per heavy atom. The fourth-order valence-electron chi connectivity index (χ4n) is 3.45. The Labute approximate surface area is 173 Å². The standard InChI is InChI=1S/C24H45NO3/c1-3-5-7-9-11-13-15-17-21-25(23(26)19-20-24(27)28)22-18-16-14-12-10-8-6-4-2/h19-20H,3-18,21-22H2,1-2H3,(H,27,28)/b20-19-. The van der Waals surface area contributed by atoms with Crippen LogP contribution in [0.5, 0.6) is 0 Å². The zero-order valence-electron chi connectivity index (χ0n) is 18.6. The molecule has 0 saturated carbocycles. The number of amides is 1. The van der Waals surface area contributed by atoms with E-state index in [0.29, 0.717) is 0 Å². The van der Waals surface area contributed by atoms with Crippen LogP contribution in [0.2, 0.25) is 0 Å². The van der Waals surface area contributed by atoms with E-state index in [4.69, 9.17) is 5.11 Å². The predicted octanol–water partition coefficient (Wildman–Crippen LogP) is 6.74. The molecule has 4 nitrogen and oxygen atoms in total. The third kappa shape index (κ3) is 18.1. The van der Waals surface area contributed by atoms with Crippen molar-refractivity contribution in [1.29, 1.82) is 0 Å². The molecule has 164 valence electrons. The van der Waals surface area contributed by atoms with Crippen molar-refractivity contribution >= 4 is 11.9 Å². The maximum Gasteiger partial charge on any atom is 0.328 e. The number of carbonyl (C=O) groups is 2. The average molecular weight is 396 g/mol. The van der Waals surface area contributed by atoms with Crippen LogP contribution >= 0.6 is 0 Å². The lowest BCUT2D eigenvalue weighted by Gasteiger charge is -2.21. The molecule has 0 unspecified atom stereocenters. The lowest BCUT2D eigenvalue weighted by Crippen LogP contribution is -2.31. The van der Waals surface area contributed by atoms with Gasteiger partial charge in [-0.05, 0) is 12.8 Å². The predicted molar refractivity (Wildman–Crippen MR) is 119 cm³/mol. The molecule has 0 aliphatic rings. The molecule has 0 atom stereocenters. The minimum Gasteiger partial charge on any atom is -0.478 e. The van der Waals surface area contributed by atoms with Crippen LogP contribution in [0.3, 0.4) is 0 Å². The van der Waals surface area contributed by atoms with E-state index in [1.165, 1.54) is 83.1 Å². The normalized spacial score (nSPS) is 11.2. The quantitative estimate of drug-likeness (QED) is 0.183. The SMILES string of the molecule is CCCCCCCCCCN(CCCCCCCCCC)C(=O)/C=C\C(=O)O. The van der Waals surface area contributed by atoms with Crippen molar-refractivity contribution in [2.75, 3.05) is 13.1 Å². The summed E-state index contributed by atoms with van der Waals surface area (Å²) in [5, 5.41) is 8.76. The molecule has 0 aromatic carbocycles. The van der Waals surface area contributed by atoms with Crippen molar-refractivity contribution < 1.29 is 14.7 Å². The van der Waals surface area contributed by atoms with Gasteiger partial charge in [0.15, 0.2) is 0 Å². The van der Waals surface area contributed by atoms with E-state index < -0.39 is 5.97 Å². The molecule has 0 fully saturated rings. The first kappa shape index (κ1) is 26.7. The van der Waals surface area contributed by atoms with E-state index in [0.717, 1.165) is 44.8 Å². The van der Waals surface area contributed by atoms with E-state index in [9.17, 15) is 9.59 Å². The Bertz CT molecular complexity index is 387. The molecule has 1 N–H and O–H groups in total. The van der Waals surface area contributed by atoms with Gasteiger partial charge in [-0.1, -0.05) is 104 Å². The summed E-state index contributed by atoms with van der Waals surface area (Å²) in [6.07, 6.45) is 22.0. The molecule has 0 aromatic rings. The minimum atomic E-state index is -1.06. The number of hydrogen-bond acceptors (Lipinski definition) is 2. The zero-order chi connectivity index (χ0) is 20.9. The smallest absolute Gasteiger partial charge is 0.328 e. The number of aliphatic carboxylic acids is 1. The summed E-state index contributed by atoms with van der Waals surface area (Å²) in [4.78, 5) is 24.8. The second kappa shape index (κ2) is 20.4. The molecule has 0 aromatic heterocycles. The Morgan fingerprint density at radius 2 is 0.964 bits per heavy atom. The van der Waals surface area contributed by atoms with Crippen molar-refractivity contribution in [1.82, 2.24) is 4.90 Å². The van der Waals surface area contributed by atoms with Gasteiger partial charge in [0.1, 0.15) is 0 Å². The third-order valence-electron chi connectivity index (χ3n) is 5.24. The van der Waals surface area contributed by atoms with E-state index in [2.05, 4.69) is 13.8 Å². The Morgan fingerprint density at radius 3 is 1.32 bits per heavy atom. The fourth-order valence-corrected chi connectivity index (χ4v) is 3.45. The molecule has 0 aliphatic carbocycles. The summed E-state index contributed by atoms with van der Waals surface area (Å²) in [6.45, 7) is 5.95. The van der Waals surface area contributed by atoms with Gasteiger partial charge in [0.25, 0.3) is 0 Å². The summed E-state index contributed by atoms with van der Waals surface area (Å²) in [7, 11) is 0. The topological polar surface area (TPSA) is 57.6 Å². The molecule has 0 radical (unpaired) electrons. The first-order chi connectivity index (χ1) is 13.6. The van der Waals surface area contributed by atoms with Crippen LogP contribution in [0, 0.1) is 0 Å². The molecule has 4 heteroatoms. The van der Waals surface area contributed by atoms with Crippen LogP contribution in [0.25, 0.3) is 0 Å². The second-order valence-electron chi connectivity index (χ2n) is 7.95. The van der Waals surface area contributed by atoms with Gasteiger partial charge >= 0.3 is 5.97 Å². The van der Waals surface area contributed by atoms with Crippen LogP contribution in [0.1, 0.15) is 117 Å². The van der Waals surface area contributed by atoms with Gasteiger partial charge in [0.05, 0.1) is 0 Å². The molecular formula is C24H45NO3. The highest BCUT2D eigenvalue weighted by Gasteiger charge is 2.10. The summed E-state index contributed by atoms with van der Waals surface area (Å²) in [5.74, 6) is -1.22. The van der Waals surface area contributed by atoms with Crippen molar-refractivity contribution in [3.8, 4) is 0 Å². The number of carboxylic acid groups (broad SMARTS) is 1. The van der Waals surface area contributed by atoms with Crippen LogP contribution in [0.15, 0.2) is 12.2 Å². The first-order valence-corrected chi connectivity index (χ1v) is 11.8. The van der Waals surface area contributed by atoms with Crippen molar-refractivity contribution in [2.24, 2.45) is 0 Å². The molecule has 0 heterocycles. The highest BCUT2D eigenvalue weighted by molar-refractivity contribution is 5.93. The highest BCUT2D eigenvalue weighted by atomic mass is 16.4. The number of hydrogen-bond donors (Lipinski definition) is 1.